The van der Waals surface area contributed by atoms with Crippen LogP contribution in [0.4, 0.5) is 0 Å². The van der Waals surface area contributed by atoms with Crippen LogP contribution in [-0.2, 0) is 23.7 Å². The van der Waals surface area contributed by atoms with Crippen LogP contribution in [0.1, 0.15) is 194 Å². The lowest BCUT2D eigenvalue weighted by molar-refractivity contribution is -0.359. The zero-order chi connectivity index (χ0) is 56.7. The number of carbonyl (C=O) groups excluding carboxylic acids is 1. The number of unbranched alkanes of at least 4 members (excludes halogenated alkanes) is 17. The summed E-state index contributed by atoms with van der Waals surface area (Å²) in [5.74, 6) is -0.262. The number of hydrogen-bond acceptors (Lipinski definition) is 13. The Morgan fingerprint density at radius 3 is 1.41 bits per heavy atom. The van der Waals surface area contributed by atoms with Gasteiger partial charge in [0.1, 0.15) is 48.8 Å². The maximum Gasteiger partial charge on any atom is 0.220 e. The van der Waals surface area contributed by atoms with Crippen LogP contribution in [0.5, 0.6) is 0 Å². The van der Waals surface area contributed by atoms with Crippen molar-refractivity contribution in [3.63, 3.8) is 0 Å². The van der Waals surface area contributed by atoms with Crippen molar-refractivity contribution in [2.24, 2.45) is 0 Å². The Balaban J connectivity index is 1.70. The first-order valence-electron chi connectivity index (χ1n) is 30.1. The molecule has 2 saturated heterocycles. The minimum Gasteiger partial charge on any atom is -0.394 e. The van der Waals surface area contributed by atoms with Gasteiger partial charge in [-0.25, -0.2) is 0 Å². The summed E-state index contributed by atoms with van der Waals surface area (Å²) >= 11 is 0. The predicted octanol–water partition coefficient (Wildman–Crippen LogP) is 10.4. The van der Waals surface area contributed by atoms with Gasteiger partial charge in [-0.3, -0.25) is 4.79 Å². The number of aliphatic hydroxyl groups is 8. The van der Waals surface area contributed by atoms with Gasteiger partial charge in [-0.1, -0.05) is 200 Å². The van der Waals surface area contributed by atoms with Gasteiger partial charge in [0.2, 0.25) is 5.91 Å². The molecule has 2 aliphatic heterocycles. The fourth-order valence-corrected chi connectivity index (χ4v) is 9.09. The monoisotopic (exact) mass is 1100 g/mol. The lowest BCUT2D eigenvalue weighted by Crippen LogP contribution is -2.65. The Kier molecular flexibility index (Phi) is 43.9. The molecule has 0 saturated carbocycles. The molecule has 14 heteroatoms. The van der Waals surface area contributed by atoms with Crippen LogP contribution in [0.15, 0.2) is 109 Å². The highest BCUT2D eigenvalue weighted by atomic mass is 16.7. The Morgan fingerprint density at radius 1 is 0.474 bits per heavy atom. The van der Waals surface area contributed by atoms with Crippen LogP contribution in [-0.4, -0.2) is 140 Å². The Hall–Kier alpha value is -3.35. The van der Waals surface area contributed by atoms with Gasteiger partial charge < -0.3 is 65.1 Å². The van der Waals surface area contributed by atoms with Gasteiger partial charge in [0.25, 0.3) is 0 Å². The third kappa shape index (κ3) is 33.4. The molecule has 1 amide bonds. The molecule has 446 valence electrons. The lowest BCUT2D eigenvalue weighted by Gasteiger charge is -2.46. The van der Waals surface area contributed by atoms with Crippen molar-refractivity contribution in [1.29, 1.82) is 0 Å². The number of carbonyl (C=O) groups is 1. The van der Waals surface area contributed by atoms with E-state index in [-0.39, 0.29) is 18.9 Å². The highest BCUT2D eigenvalue weighted by molar-refractivity contribution is 5.76. The van der Waals surface area contributed by atoms with Crippen LogP contribution in [0.3, 0.4) is 0 Å². The average molecular weight is 1100 g/mol. The van der Waals surface area contributed by atoms with E-state index in [4.69, 9.17) is 18.9 Å². The molecule has 2 heterocycles. The second-order valence-electron chi connectivity index (χ2n) is 20.7. The summed E-state index contributed by atoms with van der Waals surface area (Å²) in [7, 11) is 0. The lowest BCUT2D eigenvalue weighted by atomic mass is 9.97. The third-order valence-electron chi connectivity index (χ3n) is 13.9. The quantitative estimate of drug-likeness (QED) is 0.0204. The van der Waals surface area contributed by atoms with Crippen molar-refractivity contribution >= 4 is 5.91 Å². The molecule has 14 nitrogen and oxygen atoms in total. The summed E-state index contributed by atoms with van der Waals surface area (Å²) in [5, 5.41) is 87.0. The Morgan fingerprint density at radius 2 is 0.897 bits per heavy atom. The molecular weight excluding hydrogens is 991 g/mol. The molecular formula is C64H107NO13. The summed E-state index contributed by atoms with van der Waals surface area (Å²) in [4.78, 5) is 13.2. The van der Waals surface area contributed by atoms with Gasteiger partial charge in [0.15, 0.2) is 12.6 Å². The zero-order valence-electron chi connectivity index (χ0n) is 47.9. The molecule has 2 rings (SSSR count). The number of aliphatic hydroxyl groups excluding tert-OH is 8. The fraction of sp³-hybridized carbons (Fsp3) is 0.703. The molecule has 78 heavy (non-hydrogen) atoms. The number of allylic oxidation sites excluding steroid dienone is 17. The largest absolute Gasteiger partial charge is 0.394 e. The molecule has 0 radical (unpaired) electrons. The molecule has 0 aromatic carbocycles. The van der Waals surface area contributed by atoms with Crippen LogP contribution >= 0.6 is 0 Å². The van der Waals surface area contributed by atoms with Crippen molar-refractivity contribution in [2.45, 2.75) is 267 Å². The van der Waals surface area contributed by atoms with E-state index in [9.17, 15) is 45.6 Å². The normalized spacial score (nSPS) is 25.4. The molecule has 12 unspecified atom stereocenters. The van der Waals surface area contributed by atoms with E-state index in [2.05, 4.69) is 116 Å². The third-order valence-corrected chi connectivity index (χ3v) is 13.9. The summed E-state index contributed by atoms with van der Waals surface area (Å²) < 4.78 is 22.7. The van der Waals surface area contributed by atoms with Crippen molar-refractivity contribution < 1.29 is 64.6 Å². The predicted molar refractivity (Wildman–Crippen MR) is 313 cm³/mol. The number of ether oxygens (including phenoxy) is 4. The average Bonchev–Trinajstić information content (AvgIpc) is 3.47. The maximum absolute atomic E-state index is 13.2. The van der Waals surface area contributed by atoms with Crippen molar-refractivity contribution in [2.75, 3.05) is 19.8 Å². The molecule has 0 aromatic heterocycles. The Labute approximate surface area is 470 Å². The van der Waals surface area contributed by atoms with Gasteiger partial charge in [-0.2, -0.15) is 0 Å². The second-order valence-corrected chi connectivity index (χ2v) is 20.7. The topological polar surface area (TPSA) is 228 Å². The minimum atomic E-state index is -1.80. The van der Waals surface area contributed by atoms with Crippen molar-refractivity contribution in [3.05, 3.63) is 109 Å². The number of amides is 1. The summed E-state index contributed by atoms with van der Waals surface area (Å²) in [6.45, 7) is 2.60. The highest BCUT2D eigenvalue weighted by Crippen LogP contribution is 2.30. The van der Waals surface area contributed by atoms with Gasteiger partial charge in [0.05, 0.1) is 32.0 Å². The number of hydrogen-bond donors (Lipinski definition) is 9. The van der Waals surface area contributed by atoms with E-state index in [1.54, 1.807) is 6.08 Å². The van der Waals surface area contributed by atoms with E-state index in [0.717, 1.165) is 89.9 Å². The molecule has 0 spiro atoms. The van der Waals surface area contributed by atoms with E-state index in [1.807, 2.05) is 6.08 Å². The maximum atomic E-state index is 13.2. The van der Waals surface area contributed by atoms with Crippen LogP contribution in [0.25, 0.3) is 0 Å². The highest BCUT2D eigenvalue weighted by Gasteiger charge is 2.51. The minimum absolute atomic E-state index is 0.260. The molecule has 2 aliphatic rings. The number of nitrogens with one attached hydrogen (secondary N) is 1. The smallest absolute Gasteiger partial charge is 0.220 e. The molecule has 9 N–H and O–H groups in total. The van der Waals surface area contributed by atoms with E-state index >= 15 is 0 Å². The van der Waals surface area contributed by atoms with E-state index < -0.39 is 86.8 Å². The molecule has 2 fully saturated rings. The molecule has 0 bridgehead atoms. The summed E-state index contributed by atoms with van der Waals surface area (Å²) in [5.41, 5.74) is 0. The fourth-order valence-electron chi connectivity index (χ4n) is 9.09. The van der Waals surface area contributed by atoms with Gasteiger partial charge in [-0.15, -0.1) is 0 Å². The molecule has 0 aromatic rings. The van der Waals surface area contributed by atoms with Crippen molar-refractivity contribution in [1.82, 2.24) is 5.32 Å². The van der Waals surface area contributed by atoms with E-state index in [1.165, 1.54) is 70.6 Å². The Bertz CT molecular complexity index is 1720. The van der Waals surface area contributed by atoms with Gasteiger partial charge in [-0.05, 0) is 96.3 Å². The molecule has 12 atom stereocenters. The van der Waals surface area contributed by atoms with Gasteiger partial charge in [0, 0.05) is 6.42 Å². The van der Waals surface area contributed by atoms with Gasteiger partial charge >= 0.3 is 0 Å². The summed E-state index contributed by atoms with van der Waals surface area (Å²) in [6.07, 6.45) is 51.4. The summed E-state index contributed by atoms with van der Waals surface area (Å²) in [6, 6.07) is -0.945. The van der Waals surface area contributed by atoms with E-state index in [0.29, 0.717) is 12.8 Å². The molecule has 0 aliphatic carbocycles. The SMILES string of the molecule is CC/C=C\C/C=C\C/C=C\C/C=C\C/C=C\C/C=C\CCCCCCCCCCCCCCC(=O)NC(COC1OC(CO)C(OC2OC(CO)C(O)C(O)C2O)C(O)C1O)C(O)/C=C/CC/C=C/CC/C=C/CCCCC. The van der Waals surface area contributed by atoms with Crippen molar-refractivity contribution in [3.8, 4) is 0 Å². The first-order chi connectivity index (χ1) is 38.1. The van der Waals surface area contributed by atoms with Crippen LogP contribution in [0, 0.1) is 0 Å². The van der Waals surface area contributed by atoms with Crippen LogP contribution in [0.2, 0.25) is 0 Å². The van der Waals surface area contributed by atoms with Crippen LogP contribution < -0.4 is 5.32 Å². The first-order valence-corrected chi connectivity index (χ1v) is 30.1. The second kappa shape index (κ2) is 48.4. The first kappa shape index (κ1) is 70.8. The zero-order valence-corrected chi connectivity index (χ0v) is 47.9. The number of rotatable bonds is 46. The standard InChI is InChI=1S/C64H107NO13/c1-3-5-7-9-11-13-15-17-18-19-20-21-22-23-24-25-26-27-28-29-30-31-32-33-34-36-38-40-42-44-46-48-56(69)65-52(53(68)47-45-43-41-39-37-35-16-14-12-10-8-6-4-2)51-75-63-61(74)59(72)62(55(50-67)77-63)78-64-60(73)58(71)57(70)54(49-66)76-64/h5,7,11-14,17-18,20-21,23-24,26-27,37,39,45,47,52-55,57-64,66-68,70-74H,3-4,6,8-10,15-16,19,22,25,28-36,38,40-44,46,48-51H2,1-2H3,(H,65,69)/b7-5-,13-11-,14-12+,18-17-,21-20-,24-23-,27-26-,39-37+,47-45+.